The first-order valence-corrected chi connectivity index (χ1v) is 14.4. The Balaban J connectivity index is 1.88. The van der Waals surface area contributed by atoms with Crippen molar-refractivity contribution in [3.8, 4) is 0 Å². The van der Waals surface area contributed by atoms with E-state index in [1.165, 1.54) is 0 Å². The summed E-state index contributed by atoms with van der Waals surface area (Å²) in [5, 5.41) is 6.65. The number of amides is 1. The van der Waals surface area contributed by atoms with E-state index < -0.39 is 15.4 Å². The largest absolute Gasteiger partial charge is 0.331 e. The Kier molecular flexibility index (Phi) is 7.68. The summed E-state index contributed by atoms with van der Waals surface area (Å²) in [6.45, 7) is 5.91. The number of rotatable bonds is 9. The van der Waals surface area contributed by atoms with Crippen molar-refractivity contribution in [1.82, 2.24) is 4.90 Å². The van der Waals surface area contributed by atoms with Gasteiger partial charge in [-0.1, -0.05) is 60.5 Å². The minimum absolute atomic E-state index is 0.0296. The number of allylic oxidation sites excluding steroid dienone is 1. The molecule has 0 spiro atoms. The summed E-state index contributed by atoms with van der Waals surface area (Å²) in [4.78, 5) is 16.3. The average Bonchev–Trinajstić information content (AvgIpc) is 3.62. The summed E-state index contributed by atoms with van der Waals surface area (Å²) in [6, 6.07) is 14.9. The molecule has 2 fully saturated rings. The van der Waals surface area contributed by atoms with Crippen LogP contribution in [0, 0.1) is 11.3 Å². The Morgan fingerprint density at radius 3 is 2.40 bits per heavy atom. The molecule has 1 amide bonds. The van der Waals surface area contributed by atoms with Crippen LogP contribution in [-0.4, -0.2) is 31.0 Å². The summed E-state index contributed by atoms with van der Waals surface area (Å²) in [5.41, 5.74) is 1.34. The van der Waals surface area contributed by atoms with Crippen LogP contribution in [0.2, 0.25) is 10.0 Å². The summed E-state index contributed by atoms with van der Waals surface area (Å²) in [7, 11) is -3.67. The molecule has 1 saturated carbocycles. The number of nitrogens with two attached hydrogens (primary N) is 1. The number of benzene rings is 2. The molecule has 0 bridgehead atoms. The monoisotopic (exact) mass is 534 g/mol. The first-order chi connectivity index (χ1) is 16.5. The highest BCUT2D eigenvalue weighted by atomic mass is 35.5. The smallest absolute Gasteiger partial charge is 0.229 e. The normalized spacial score (nSPS) is 25.9. The van der Waals surface area contributed by atoms with Crippen LogP contribution in [0.15, 0.2) is 61.2 Å². The van der Waals surface area contributed by atoms with Crippen molar-refractivity contribution in [3.05, 3.63) is 82.4 Å². The molecule has 1 aliphatic carbocycles. The molecule has 0 radical (unpaired) electrons. The van der Waals surface area contributed by atoms with Crippen molar-refractivity contribution in [2.24, 2.45) is 16.5 Å². The SMILES string of the molecule is C=CC[C@@]1(C)C[C@H](c2cccc(Cl)c2)[C@@H](c2ccc(Cl)cc2)N([C@@H](CCS(N)(=O)=O)C2CC2)C1=O. The molecule has 2 aromatic rings. The lowest BCUT2D eigenvalue weighted by atomic mass is 9.67. The second-order valence-corrected chi connectivity index (χ2v) is 12.8. The van der Waals surface area contributed by atoms with Gasteiger partial charge in [0.1, 0.15) is 0 Å². The molecule has 4 atom stereocenters. The highest BCUT2D eigenvalue weighted by Crippen LogP contribution is 2.54. The predicted octanol–water partition coefficient (Wildman–Crippen LogP) is 6.09. The third-order valence-corrected chi connectivity index (χ3v) is 8.70. The molecule has 35 heavy (non-hydrogen) atoms. The molecule has 8 heteroatoms. The molecule has 2 aliphatic rings. The molecule has 1 saturated heterocycles. The van der Waals surface area contributed by atoms with E-state index in [2.05, 4.69) is 12.6 Å². The van der Waals surface area contributed by atoms with Gasteiger partial charge < -0.3 is 4.90 Å². The molecule has 188 valence electrons. The lowest BCUT2D eigenvalue weighted by molar-refractivity contribution is -0.155. The van der Waals surface area contributed by atoms with Gasteiger partial charge in [0.25, 0.3) is 0 Å². The van der Waals surface area contributed by atoms with E-state index in [4.69, 9.17) is 28.3 Å². The van der Waals surface area contributed by atoms with Gasteiger partial charge in [0.15, 0.2) is 0 Å². The second kappa shape index (κ2) is 10.3. The molecule has 4 rings (SSSR count). The van der Waals surface area contributed by atoms with E-state index in [0.29, 0.717) is 29.3 Å². The van der Waals surface area contributed by atoms with Gasteiger partial charge in [0.05, 0.1) is 17.2 Å². The number of nitrogens with zero attached hydrogens (tertiary/aromatic N) is 1. The number of primary sulfonamides is 1. The van der Waals surface area contributed by atoms with E-state index in [-0.39, 0.29) is 35.6 Å². The third-order valence-electron chi connectivity index (χ3n) is 7.41. The third kappa shape index (κ3) is 5.93. The van der Waals surface area contributed by atoms with Crippen molar-refractivity contribution in [2.45, 2.75) is 57.0 Å². The highest BCUT2D eigenvalue weighted by molar-refractivity contribution is 7.89. The molecule has 5 nitrogen and oxygen atoms in total. The number of carbonyl (C=O) groups excluding carboxylic acids is 1. The number of halogens is 2. The maximum Gasteiger partial charge on any atom is 0.229 e. The van der Waals surface area contributed by atoms with Crippen LogP contribution < -0.4 is 5.14 Å². The van der Waals surface area contributed by atoms with Gasteiger partial charge in [-0.3, -0.25) is 4.79 Å². The quantitative estimate of drug-likeness (QED) is 0.395. The Morgan fingerprint density at radius 1 is 1.14 bits per heavy atom. The summed E-state index contributed by atoms with van der Waals surface area (Å²) in [6.07, 6.45) is 5.18. The molecular weight excluding hydrogens is 503 g/mol. The number of hydrogen-bond acceptors (Lipinski definition) is 3. The van der Waals surface area contributed by atoms with Crippen LogP contribution in [0.3, 0.4) is 0 Å². The second-order valence-electron chi connectivity index (χ2n) is 10.2. The topological polar surface area (TPSA) is 80.5 Å². The first-order valence-electron chi connectivity index (χ1n) is 12.0. The minimum atomic E-state index is -3.67. The van der Waals surface area contributed by atoms with Crippen molar-refractivity contribution in [1.29, 1.82) is 0 Å². The number of hydrogen-bond donors (Lipinski definition) is 1. The highest BCUT2D eigenvalue weighted by Gasteiger charge is 2.53. The van der Waals surface area contributed by atoms with E-state index in [9.17, 15) is 13.2 Å². The van der Waals surface area contributed by atoms with Crippen LogP contribution in [-0.2, 0) is 14.8 Å². The summed E-state index contributed by atoms with van der Waals surface area (Å²) >= 11 is 12.6. The Labute approximate surface area is 218 Å². The van der Waals surface area contributed by atoms with Crippen molar-refractivity contribution < 1.29 is 13.2 Å². The van der Waals surface area contributed by atoms with Crippen LogP contribution in [0.4, 0.5) is 0 Å². The van der Waals surface area contributed by atoms with E-state index in [0.717, 1.165) is 24.0 Å². The van der Waals surface area contributed by atoms with Crippen molar-refractivity contribution in [3.63, 3.8) is 0 Å². The fourth-order valence-electron chi connectivity index (χ4n) is 5.62. The van der Waals surface area contributed by atoms with E-state index in [1.54, 1.807) is 6.08 Å². The van der Waals surface area contributed by atoms with Gasteiger partial charge >= 0.3 is 0 Å². The van der Waals surface area contributed by atoms with Gasteiger partial charge in [0, 0.05) is 22.0 Å². The van der Waals surface area contributed by atoms with E-state index in [1.807, 2.05) is 54.3 Å². The average molecular weight is 536 g/mol. The maximum absolute atomic E-state index is 14.3. The summed E-state index contributed by atoms with van der Waals surface area (Å²) < 4.78 is 23.8. The molecule has 0 unspecified atom stereocenters. The van der Waals surface area contributed by atoms with Gasteiger partial charge in [-0.2, -0.15) is 0 Å². The Bertz CT molecular complexity index is 1200. The fraction of sp³-hybridized carbons (Fsp3) is 0.444. The van der Waals surface area contributed by atoms with Gasteiger partial charge in [-0.05, 0) is 73.4 Å². The number of carbonyl (C=O) groups is 1. The number of piperidine rings is 1. The molecule has 0 aromatic heterocycles. The lowest BCUT2D eigenvalue weighted by Crippen LogP contribution is -2.56. The zero-order valence-electron chi connectivity index (χ0n) is 19.9. The maximum atomic E-state index is 14.3. The zero-order chi connectivity index (χ0) is 25.4. The Hall–Kier alpha value is -1.86. The van der Waals surface area contributed by atoms with Gasteiger partial charge in [-0.15, -0.1) is 6.58 Å². The molecule has 1 aliphatic heterocycles. The number of sulfonamides is 1. The van der Waals surface area contributed by atoms with Gasteiger partial charge in [-0.25, -0.2) is 13.6 Å². The minimum Gasteiger partial charge on any atom is -0.331 e. The van der Waals surface area contributed by atoms with Crippen LogP contribution >= 0.6 is 23.2 Å². The molecular formula is C27H32Cl2N2O3S. The molecule has 1 heterocycles. The first kappa shape index (κ1) is 26.2. The van der Waals surface area contributed by atoms with Crippen LogP contribution in [0.25, 0.3) is 0 Å². The molecule has 2 N–H and O–H groups in total. The fourth-order valence-corrected chi connectivity index (χ4v) is 6.52. The van der Waals surface area contributed by atoms with Crippen LogP contribution in [0.5, 0.6) is 0 Å². The standard InChI is InChI=1S/C27H32Cl2N2O3S/c1-3-14-27(2)17-23(20-5-4-6-22(29)16-20)25(19-9-11-21(28)12-10-19)31(26(27)32)24(18-7-8-18)13-15-35(30,33)34/h3-6,9-12,16,18,23-25H,1,7-8,13-15,17H2,2H3,(H2,30,33,34)/t23-,24+,25-,27+/m1/s1. The predicted molar refractivity (Wildman–Crippen MR) is 142 cm³/mol. The van der Waals surface area contributed by atoms with Crippen molar-refractivity contribution >= 4 is 39.1 Å². The van der Waals surface area contributed by atoms with E-state index >= 15 is 0 Å². The van der Waals surface area contributed by atoms with Crippen LogP contribution in [0.1, 0.15) is 62.1 Å². The lowest BCUT2D eigenvalue weighted by Gasteiger charge is -2.52. The summed E-state index contributed by atoms with van der Waals surface area (Å²) in [5.74, 6) is 0.0717. The zero-order valence-corrected chi connectivity index (χ0v) is 22.2. The number of likely N-dealkylation sites (tertiary alicyclic amines) is 1. The van der Waals surface area contributed by atoms with Gasteiger partial charge in [0.2, 0.25) is 15.9 Å². The van der Waals surface area contributed by atoms with Crippen molar-refractivity contribution in [2.75, 3.05) is 5.75 Å². The Morgan fingerprint density at radius 2 is 1.83 bits per heavy atom. The molecule has 2 aromatic carbocycles.